The number of likely N-dealkylation sites (tertiary alicyclic amines) is 1. The maximum absolute atomic E-state index is 13.4. The Morgan fingerprint density at radius 3 is 2.50 bits per heavy atom. The lowest BCUT2D eigenvalue weighted by Gasteiger charge is -2.39. The van der Waals surface area contributed by atoms with Crippen molar-refractivity contribution in [3.63, 3.8) is 0 Å². The third-order valence-electron chi connectivity index (χ3n) is 5.68. The maximum Gasteiger partial charge on any atom is 0.246 e. The van der Waals surface area contributed by atoms with Gasteiger partial charge in [-0.2, -0.15) is 0 Å². The summed E-state index contributed by atoms with van der Waals surface area (Å²) in [6.07, 6.45) is 1.28. The van der Waals surface area contributed by atoms with Crippen LogP contribution in [0.4, 0.5) is 0 Å². The van der Waals surface area contributed by atoms with Crippen LogP contribution >= 0.6 is 11.6 Å². The van der Waals surface area contributed by atoms with Crippen molar-refractivity contribution in [1.82, 2.24) is 15.5 Å². The van der Waals surface area contributed by atoms with Gasteiger partial charge in [0, 0.05) is 31.6 Å². The van der Waals surface area contributed by atoms with E-state index in [1.54, 1.807) is 24.0 Å². The molecule has 1 saturated heterocycles. The SMILES string of the molecule is CC(=O)N[C@@H](C(=O)N1CCC[C@@]1(C)C(=O)NCc1cc(Cl)ccc1CN)C(C)(C)C. The molecule has 166 valence electrons. The summed E-state index contributed by atoms with van der Waals surface area (Å²) in [7, 11) is 0. The molecular formula is C22H33ClN4O3. The third-order valence-corrected chi connectivity index (χ3v) is 5.92. The summed E-state index contributed by atoms with van der Waals surface area (Å²) < 4.78 is 0. The summed E-state index contributed by atoms with van der Waals surface area (Å²) >= 11 is 6.09. The normalized spacial score (nSPS) is 20.0. The Hall–Kier alpha value is -2.12. The van der Waals surface area contributed by atoms with E-state index in [0.717, 1.165) is 17.5 Å². The molecule has 0 aromatic heterocycles. The monoisotopic (exact) mass is 436 g/mol. The van der Waals surface area contributed by atoms with E-state index in [-0.39, 0.29) is 24.3 Å². The number of hydrogen-bond donors (Lipinski definition) is 3. The summed E-state index contributed by atoms with van der Waals surface area (Å²) in [5, 5.41) is 6.29. The van der Waals surface area contributed by atoms with Gasteiger partial charge in [0.25, 0.3) is 0 Å². The lowest BCUT2D eigenvalue weighted by Crippen LogP contribution is -2.61. The summed E-state index contributed by atoms with van der Waals surface area (Å²) in [6.45, 7) is 9.95. The van der Waals surface area contributed by atoms with Crippen LogP contribution in [0.2, 0.25) is 5.02 Å². The second-order valence-corrected chi connectivity index (χ2v) is 9.60. The van der Waals surface area contributed by atoms with Gasteiger partial charge in [-0.3, -0.25) is 14.4 Å². The highest BCUT2D eigenvalue weighted by atomic mass is 35.5. The van der Waals surface area contributed by atoms with Crippen molar-refractivity contribution in [1.29, 1.82) is 0 Å². The quantitative estimate of drug-likeness (QED) is 0.636. The second kappa shape index (κ2) is 9.35. The fourth-order valence-corrected chi connectivity index (χ4v) is 4.08. The molecule has 0 bridgehead atoms. The van der Waals surface area contributed by atoms with E-state index in [4.69, 9.17) is 17.3 Å². The zero-order valence-corrected chi connectivity index (χ0v) is 19.2. The molecule has 0 saturated carbocycles. The van der Waals surface area contributed by atoms with Gasteiger partial charge in [-0.15, -0.1) is 0 Å². The number of nitrogens with one attached hydrogen (secondary N) is 2. The average molecular weight is 437 g/mol. The van der Waals surface area contributed by atoms with Crippen molar-refractivity contribution >= 4 is 29.3 Å². The van der Waals surface area contributed by atoms with Crippen molar-refractivity contribution in [3.8, 4) is 0 Å². The molecule has 1 fully saturated rings. The van der Waals surface area contributed by atoms with E-state index in [1.165, 1.54) is 6.92 Å². The molecule has 4 N–H and O–H groups in total. The lowest BCUT2D eigenvalue weighted by molar-refractivity contribution is -0.148. The fourth-order valence-electron chi connectivity index (χ4n) is 3.88. The third kappa shape index (κ3) is 5.32. The molecule has 2 rings (SSSR count). The van der Waals surface area contributed by atoms with Gasteiger partial charge in [0.1, 0.15) is 11.6 Å². The minimum Gasteiger partial charge on any atom is -0.350 e. The van der Waals surface area contributed by atoms with Gasteiger partial charge < -0.3 is 21.3 Å². The predicted octanol–water partition coefficient (Wildman–Crippen LogP) is 2.35. The number of carbonyl (C=O) groups is 3. The molecule has 8 heteroatoms. The number of halogens is 1. The van der Waals surface area contributed by atoms with Gasteiger partial charge >= 0.3 is 0 Å². The summed E-state index contributed by atoms with van der Waals surface area (Å²) in [4.78, 5) is 39.8. The summed E-state index contributed by atoms with van der Waals surface area (Å²) in [5.41, 5.74) is 6.07. The number of nitrogens with zero attached hydrogens (tertiary/aromatic N) is 1. The molecule has 2 atom stereocenters. The molecule has 1 aromatic carbocycles. The van der Waals surface area contributed by atoms with Crippen molar-refractivity contribution in [2.45, 2.75) is 72.1 Å². The molecule has 1 aliphatic rings. The molecule has 0 unspecified atom stereocenters. The highest BCUT2D eigenvalue weighted by molar-refractivity contribution is 6.30. The first kappa shape index (κ1) is 24.2. The smallest absolute Gasteiger partial charge is 0.246 e. The second-order valence-electron chi connectivity index (χ2n) is 9.17. The zero-order chi connectivity index (χ0) is 22.7. The molecule has 0 spiro atoms. The number of benzene rings is 1. The Labute approximate surface area is 183 Å². The largest absolute Gasteiger partial charge is 0.350 e. The van der Waals surface area contributed by atoms with E-state index < -0.39 is 17.0 Å². The van der Waals surface area contributed by atoms with Crippen LogP contribution in [0.3, 0.4) is 0 Å². The van der Waals surface area contributed by atoms with Crippen LogP contribution in [0.5, 0.6) is 0 Å². The minimum atomic E-state index is -0.986. The number of hydrogen-bond acceptors (Lipinski definition) is 4. The van der Waals surface area contributed by atoms with Gasteiger partial charge in [-0.1, -0.05) is 38.4 Å². The van der Waals surface area contributed by atoms with E-state index in [0.29, 0.717) is 24.5 Å². The number of amides is 3. The van der Waals surface area contributed by atoms with Crippen LogP contribution in [-0.4, -0.2) is 40.7 Å². The van der Waals surface area contributed by atoms with Crippen LogP contribution in [0.25, 0.3) is 0 Å². The van der Waals surface area contributed by atoms with Gasteiger partial charge in [0.05, 0.1) is 0 Å². The van der Waals surface area contributed by atoms with Crippen molar-refractivity contribution < 1.29 is 14.4 Å². The highest BCUT2D eigenvalue weighted by Gasteiger charge is 2.49. The van der Waals surface area contributed by atoms with Crippen LogP contribution < -0.4 is 16.4 Å². The van der Waals surface area contributed by atoms with Gasteiger partial charge in [-0.25, -0.2) is 0 Å². The minimum absolute atomic E-state index is 0.230. The van der Waals surface area contributed by atoms with E-state index in [9.17, 15) is 14.4 Å². The van der Waals surface area contributed by atoms with E-state index in [1.807, 2.05) is 26.8 Å². The van der Waals surface area contributed by atoms with Crippen molar-refractivity contribution in [3.05, 3.63) is 34.3 Å². The number of nitrogens with two attached hydrogens (primary N) is 1. The van der Waals surface area contributed by atoms with Crippen LogP contribution in [0.15, 0.2) is 18.2 Å². The summed E-state index contributed by atoms with van der Waals surface area (Å²) in [6, 6.07) is 4.69. The van der Waals surface area contributed by atoms with E-state index in [2.05, 4.69) is 10.6 Å². The topological polar surface area (TPSA) is 105 Å². The highest BCUT2D eigenvalue weighted by Crippen LogP contribution is 2.33. The first-order chi connectivity index (χ1) is 13.9. The number of rotatable bonds is 6. The Bertz CT molecular complexity index is 821. The fraction of sp³-hybridized carbons (Fsp3) is 0.591. The van der Waals surface area contributed by atoms with Crippen LogP contribution in [-0.2, 0) is 27.5 Å². The lowest BCUT2D eigenvalue weighted by atomic mass is 9.84. The maximum atomic E-state index is 13.4. The standard InChI is InChI=1S/C22H33ClN4O3/c1-14(28)26-18(21(2,3)4)19(29)27-10-6-9-22(27,5)20(30)25-13-16-11-17(23)8-7-15(16)12-24/h7-8,11,18H,6,9-10,12-13,24H2,1-5H3,(H,25,30)(H,26,28)/t18-,22-/m0/s1. The van der Waals surface area contributed by atoms with Gasteiger partial charge in [-0.05, 0) is 48.4 Å². The zero-order valence-electron chi connectivity index (χ0n) is 18.5. The molecule has 0 aliphatic carbocycles. The Balaban J connectivity index is 2.20. The predicted molar refractivity (Wildman–Crippen MR) is 118 cm³/mol. The van der Waals surface area contributed by atoms with Crippen LogP contribution in [0, 0.1) is 5.41 Å². The van der Waals surface area contributed by atoms with Gasteiger partial charge in [0.15, 0.2) is 0 Å². The molecular weight excluding hydrogens is 404 g/mol. The van der Waals surface area contributed by atoms with Crippen LogP contribution in [0.1, 0.15) is 58.6 Å². The molecule has 0 radical (unpaired) electrons. The van der Waals surface area contributed by atoms with Crippen molar-refractivity contribution in [2.24, 2.45) is 11.1 Å². The first-order valence-corrected chi connectivity index (χ1v) is 10.6. The molecule has 1 aliphatic heterocycles. The average Bonchev–Trinajstić information content (AvgIpc) is 3.05. The summed E-state index contributed by atoms with van der Waals surface area (Å²) in [5.74, 6) is -0.742. The Morgan fingerprint density at radius 1 is 1.27 bits per heavy atom. The van der Waals surface area contributed by atoms with Gasteiger partial charge in [0.2, 0.25) is 17.7 Å². The molecule has 1 heterocycles. The first-order valence-electron chi connectivity index (χ1n) is 10.2. The molecule has 3 amide bonds. The van der Waals surface area contributed by atoms with E-state index >= 15 is 0 Å². The number of carbonyl (C=O) groups excluding carboxylic acids is 3. The van der Waals surface area contributed by atoms with Crippen molar-refractivity contribution in [2.75, 3.05) is 6.54 Å². The molecule has 1 aromatic rings. The Morgan fingerprint density at radius 2 is 1.93 bits per heavy atom. The molecule has 30 heavy (non-hydrogen) atoms. The molecule has 7 nitrogen and oxygen atoms in total. The Kier molecular flexibility index (Phi) is 7.53.